The van der Waals surface area contributed by atoms with Crippen molar-refractivity contribution in [2.75, 3.05) is 32.1 Å². The summed E-state index contributed by atoms with van der Waals surface area (Å²) >= 11 is 0. The van der Waals surface area contributed by atoms with Gasteiger partial charge in [0.05, 0.1) is 11.9 Å². The van der Waals surface area contributed by atoms with Crippen molar-refractivity contribution < 1.29 is 9.18 Å². The van der Waals surface area contributed by atoms with Crippen LogP contribution in [0.1, 0.15) is 11.1 Å². The van der Waals surface area contributed by atoms with Crippen molar-refractivity contribution in [2.24, 2.45) is 15.1 Å². The highest BCUT2D eigenvalue weighted by Crippen LogP contribution is 2.33. The molecule has 31 heavy (non-hydrogen) atoms. The molecule has 0 spiro atoms. The van der Waals surface area contributed by atoms with Crippen LogP contribution in [0.3, 0.4) is 0 Å². The van der Waals surface area contributed by atoms with Gasteiger partial charge < -0.3 is 4.90 Å². The molecule has 2 heterocycles. The van der Waals surface area contributed by atoms with Crippen molar-refractivity contribution >= 4 is 30.4 Å². The zero-order valence-electron chi connectivity index (χ0n) is 17.4. The number of hydrazone groups is 1. The molecule has 8 heteroatoms. The van der Waals surface area contributed by atoms with E-state index in [-0.39, 0.29) is 12.2 Å². The summed E-state index contributed by atoms with van der Waals surface area (Å²) in [4.78, 5) is 25.1. The molecule has 0 saturated carbocycles. The zero-order valence-corrected chi connectivity index (χ0v) is 17.4. The SMILES string of the molecule is CN(C)CC1(c2ccc(N3CC=CN(N=Cc4ccccc4)C3=O)c(F)c2)N=CC=N1. The van der Waals surface area contributed by atoms with Crippen LogP contribution in [0.4, 0.5) is 14.9 Å². The summed E-state index contributed by atoms with van der Waals surface area (Å²) in [6.45, 7) is 0.762. The van der Waals surface area contributed by atoms with Gasteiger partial charge in [-0.2, -0.15) is 10.1 Å². The molecule has 0 saturated heterocycles. The van der Waals surface area contributed by atoms with Crippen molar-refractivity contribution in [3.8, 4) is 0 Å². The number of carbonyl (C=O) groups is 1. The Morgan fingerprint density at radius 2 is 1.90 bits per heavy atom. The number of rotatable bonds is 6. The second kappa shape index (κ2) is 8.61. The second-order valence-corrected chi connectivity index (χ2v) is 7.55. The average Bonchev–Trinajstić information content (AvgIpc) is 3.23. The number of carbonyl (C=O) groups excluding carboxylic acids is 1. The minimum Gasteiger partial charge on any atom is -0.305 e. The van der Waals surface area contributed by atoms with E-state index in [1.807, 2.05) is 49.3 Å². The largest absolute Gasteiger partial charge is 0.349 e. The molecule has 0 radical (unpaired) electrons. The fraction of sp³-hybridized carbons (Fsp3) is 0.217. The number of halogens is 1. The van der Waals surface area contributed by atoms with Crippen molar-refractivity contribution in [3.05, 3.63) is 77.8 Å². The maximum atomic E-state index is 15.2. The molecule has 0 fully saturated rings. The summed E-state index contributed by atoms with van der Waals surface area (Å²) < 4.78 is 15.2. The molecule has 2 amide bonds. The molecule has 0 N–H and O–H groups in total. The van der Waals surface area contributed by atoms with Gasteiger partial charge in [-0.1, -0.05) is 36.4 Å². The minimum absolute atomic E-state index is 0.184. The number of benzene rings is 2. The number of hydrogen-bond donors (Lipinski definition) is 0. The number of anilines is 1. The van der Waals surface area contributed by atoms with E-state index < -0.39 is 17.5 Å². The van der Waals surface area contributed by atoms with Crippen LogP contribution in [0.25, 0.3) is 0 Å². The minimum atomic E-state index is -0.874. The van der Waals surface area contributed by atoms with E-state index in [0.29, 0.717) is 12.1 Å². The first-order chi connectivity index (χ1) is 15.0. The Hall–Kier alpha value is -3.65. The van der Waals surface area contributed by atoms with E-state index in [1.54, 1.807) is 43.1 Å². The Balaban J connectivity index is 1.58. The molecule has 4 rings (SSSR count). The van der Waals surface area contributed by atoms with Crippen LogP contribution in [0.15, 0.2) is 75.9 Å². The van der Waals surface area contributed by atoms with Gasteiger partial charge in [0.1, 0.15) is 5.82 Å². The van der Waals surface area contributed by atoms with Crippen LogP contribution in [0.5, 0.6) is 0 Å². The third kappa shape index (κ3) is 4.29. The highest BCUT2D eigenvalue weighted by atomic mass is 19.1. The Kier molecular flexibility index (Phi) is 5.73. The predicted octanol–water partition coefficient (Wildman–Crippen LogP) is 3.49. The molecular weight excluding hydrogens is 395 g/mol. The Morgan fingerprint density at radius 3 is 2.58 bits per heavy atom. The summed E-state index contributed by atoms with van der Waals surface area (Å²) in [5.74, 6) is -0.511. The van der Waals surface area contributed by atoms with Gasteiger partial charge in [0.25, 0.3) is 0 Å². The monoisotopic (exact) mass is 418 g/mol. The van der Waals surface area contributed by atoms with Crippen molar-refractivity contribution in [2.45, 2.75) is 5.66 Å². The number of urea groups is 1. The van der Waals surface area contributed by atoms with Crippen LogP contribution in [0.2, 0.25) is 0 Å². The van der Waals surface area contributed by atoms with Gasteiger partial charge in [-0.25, -0.2) is 9.18 Å². The number of nitrogens with zero attached hydrogens (tertiary/aromatic N) is 6. The van der Waals surface area contributed by atoms with Crippen LogP contribution >= 0.6 is 0 Å². The lowest BCUT2D eigenvalue weighted by molar-refractivity contribution is 0.222. The Bertz CT molecular complexity index is 1060. The molecule has 0 aliphatic carbocycles. The summed E-state index contributed by atoms with van der Waals surface area (Å²) in [6.07, 6.45) is 8.18. The van der Waals surface area contributed by atoms with Gasteiger partial charge in [-0.15, -0.1) is 0 Å². The van der Waals surface area contributed by atoms with E-state index >= 15 is 4.39 Å². The van der Waals surface area contributed by atoms with Crippen LogP contribution < -0.4 is 4.90 Å². The first kappa shape index (κ1) is 20.6. The molecule has 2 aliphatic heterocycles. The van der Waals surface area contributed by atoms with Crippen LogP contribution in [0, 0.1) is 5.82 Å². The number of likely N-dealkylation sites (N-methyl/N-ethyl adjacent to an activating group) is 1. The maximum Gasteiger partial charge on any atom is 0.349 e. The van der Waals surface area contributed by atoms with E-state index in [2.05, 4.69) is 15.1 Å². The molecule has 158 valence electrons. The average molecular weight is 418 g/mol. The standard InChI is InChI=1S/C23H23FN6O/c1-28(2)17-23(25-11-12-26-23)19-9-10-21(20(24)15-19)29-13-6-14-30(22(29)31)27-16-18-7-4-3-5-8-18/h3-12,14-16H,13,17H2,1-2H3. The molecule has 7 nitrogen and oxygen atoms in total. The quantitative estimate of drug-likeness (QED) is 0.674. The molecule has 0 bridgehead atoms. The van der Waals surface area contributed by atoms with Crippen molar-refractivity contribution in [1.82, 2.24) is 9.91 Å². The van der Waals surface area contributed by atoms with Crippen LogP contribution in [-0.2, 0) is 5.66 Å². The van der Waals surface area contributed by atoms with Crippen LogP contribution in [-0.4, -0.2) is 61.8 Å². The van der Waals surface area contributed by atoms with Crippen molar-refractivity contribution in [1.29, 1.82) is 0 Å². The first-order valence-electron chi connectivity index (χ1n) is 9.89. The predicted molar refractivity (Wildman–Crippen MR) is 121 cm³/mol. The second-order valence-electron chi connectivity index (χ2n) is 7.55. The molecule has 0 unspecified atom stereocenters. The summed E-state index contributed by atoms with van der Waals surface area (Å²) in [7, 11) is 3.83. The van der Waals surface area contributed by atoms with Crippen molar-refractivity contribution in [3.63, 3.8) is 0 Å². The molecule has 2 aliphatic rings. The van der Waals surface area contributed by atoms with E-state index in [9.17, 15) is 4.79 Å². The van der Waals surface area contributed by atoms with Gasteiger partial charge in [0.2, 0.25) is 0 Å². The number of aliphatic imine (C=N–C) groups is 2. The number of hydrogen-bond acceptors (Lipinski definition) is 5. The fourth-order valence-corrected chi connectivity index (χ4v) is 3.56. The number of amides is 2. The van der Waals surface area contributed by atoms with E-state index in [4.69, 9.17) is 0 Å². The van der Waals surface area contributed by atoms with E-state index in [0.717, 1.165) is 5.56 Å². The van der Waals surface area contributed by atoms with Gasteiger partial charge in [0, 0.05) is 37.3 Å². The lowest BCUT2D eigenvalue weighted by Gasteiger charge is -2.30. The van der Waals surface area contributed by atoms with Gasteiger partial charge in [0.15, 0.2) is 5.66 Å². The highest BCUT2D eigenvalue weighted by Gasteiger charge is 2.34. The molecule has 2 aromatic carbocycles. The first-order valence-corrected chi connectivity index (χ1v) is 9.89. The molecule has 0 atom stereocenters. The lowest BCUT2D eigenvalue weighted by Crippen LogP contribution is -2.42. The topological polar surface area (TPSA) is 63.9 Å². The summed E-state index contributed by atoms with van der Waals surface area (Å²) in [5, 5.41) is 5.43. The smallest absolute Gasteiger partial charge is 0.305 e. The Labute approximate surface area is 180 Å². The molecular formula is C23H23FN6O. The molecule has 2 aromatic rings. The lowest BCUT2D eigenvalue weighted by atomic mass is 9.99. The third-order valence-electron chi connectivity index (χ3n) is 4.97. The third-order valence-corrected chi connectivity index (χ3v) is 4.97. The zero-order chi connectivity index (χ0) is 21.8. The van der Waals surface area contributed by atoms with Gasteiger partial charge >= 0.3 is 6.03 Å². The Morgan fingerprint density at radius 1 is 1.16 bits per heavy atom. The summed E-state index contributed by atoms with van der Waals surface area (Å²) in [5.41, 5.74) is 0.802. The fourth-order valence-electron chi connectivity index (χ4n) is 3.56. The van der Waals surface area contributed by atoms with Gasteiger partial charge in [-0.05, 0) is 37.9 Å². The van der Waals surface area contributed by atoms with E-state index in [1.165, 1.54) is 16.0 Å². The maximum absolute atomic E-state index is 15.2. The summed E-state index contributed by atoms with van der Waals surface area (Å²) in [6, 6.07) is 13.8. The van der Waals surface area contributed by atoms with Gasteiger partial charge in [-0.3, -0.25) is 14.9 Å². The molecule has 0 aromatic heterocycles. The normalized spacial score (nSPS) is 17.5. The highest BCUT2D eigenvalue weighted by molar-refractivity contribution is 6.17.